The molecule has 2 aliphatic heterocycles. The SMILES string of the molecule is CC(c1ccc(-c2ccccc2)c(F)c1)c1cc(CN=C(N2CCCCC2)N2CCCCC2)on1. The molecule has 1 unspecified atom stereocenters. The summed E-state index contributed by atoms with van der Waals surface area (Å²) >= 11 is 0. The Balaban J connectivity index is 1.30. The molecule has 0 N–H and O–H groups in total. The van der Waals surface area contributed by atoms with E-state index >= 15 is 0 Å². The zero-order valence-corrected chi connectivity index (χ0v) is 20.6. The molecule has 5 rings (SSSR count). The highest BCUT2D eigenvalue weighted by Gasteiger charge is 2.23. The van der Waals surface area contributed by atoms with E-state index in [1.165, 1.54) is 38.5 Å². The van der Waals surface area contributed by atoms with Crippen LogP contribution in [0.5, 0.6) is 0 Å². The van der Waals surface area contributed by atoms with Crippen LogP contribution in [0.3, 0.4) is 0 Å². The summed E-state index contributed by atoms with van der Waals surface area (Å²) in [6, 6.07) is 17.1. The van der Waals surface area contributed by atoms with Crippen molar-refractivity contribution < 1.29 is 8.91 Å². The zero-order chi connectivity index (χ0) is 24.0. The molecule has 6 heteroatoms. The van der Waals surface area contributed by atoms with Crippen molar-refractivity contribution in [2.45, 2.75) is 57.9 Å². The van der Waals surface area contributed by atoms with Crippen molar-refractivity contribution in [3.8, 4) is 11.1 Å². The summed E-state index contributed by atoms with van der Waals surface area (Å²) in [6.07, 6.45) is 7.54. The average Bonchev–Trinajstić information content (AvgIpc) is 3.39. The minimum absolute atomic E-state index is 0.0699. The second kappa shape index (κ2) is 11.1. The number of guanidine groups is 1. The van der Waals surface area contributed by atoms with Crippen LogP contribution in [0.4, 0.5) is 4.39 Å². The number of aromatic nitrogens is 1. The van der Waals surface area contributed by atoms with E-state index in [2.05, 4.69) is 15.0 Å². The highest BCUT2D eigenvalue weighted by atomic mass is 19.1. The number of benzene rings is 2. The third-order valence-corrected chi connectivity index (χ3v) is 7.25. The van der Waals surface area contributed by atoms with Gasteiger partial charge in [-0.2, -0.15) is 0 Å². The molecule has 35 heavy (non-hydrogen) atoms. The first kappa shape index (κ1) is 23.6. The van der Waals surface area contributed by atoms with Gasteiger partial charge in [-0.1, -0.05) is 54.5 Å². The van der Waals surface area contributed by atoms with Crippen LogP contribution in [0.2, 0.25) is 0 Å². The first-order valence-corrected chi connectivity index (χ1v) is 13.0. The van der Waals surface area contributed by atoms with E-state index in [1.807, 2.05) is 55.5 Å². The lowest BCUT2D eigenvalue weighted by Gasteiger charge is -2.38. The molecule has 1 atom stereocenters. The van der Waals surface area contributed by atoms with E-state index in [0.29, 0.717) is 12.1 Å². The Morgan fingerprint density at radius 1 is 0.914 bits per heavy atom. The fourth-order valence-corrected chi connectivity index (χ4v) is 5.17. The van der Waals surface area contributed by atoms with E-state index < -0.39 is 0 Å². The summed E-state index contributed by atoms with van der Waals surface area (Å²) in [5.41, 5.74) is 3.18. The second-order valence-corrected chi connectivity index (χ2v) is 9.76. The molecule has 3 heterocycles. The van der Waals surface area contributed by atoms with Crippen molar-refractivity contribution in [3.05, 3.63) is 77.4 Å². The maximum Gasteiger partial charge on any atom is 0.197 e. The van der Waals surface area contributed by atoms with E-state index in [9.17, 15) is 4.39 Å². The van der Waals surface area contributed by atoms with Gasteiger partial charge in [0.15, 0.2) is 11.7 Å². The van der Waals surface area contributed by atoms with Gasteiger partial charge in [-0.25, -0.2) is 9.38 Å². The topological polar surface area (TPSA) is 44.9 Å². The predicted octanol–water partition coefficient (Wildman–Crippen LogP) is 6.46. The largest absolute Gasteiger partial charge is 0.359 e. The van der Waals surface area contributed by atoms with Crippen LogP contribution in [0.1, 0.15) is 68.4 Å². The van der Waals surface area contributed by atoms with Gasteiger partial charge in [0.05, 0.1) is 5.69 Å². The maximum absolute atomic E-state index is 14.9. The number of aliphatic imine (C=N–C) groups is 1. The summed E-state index contributed by atoms with van der Waals surface area (Å²) in [5.74, 6) is 1.58. The van der Waals surface area contributed by atoms with Gasteiger partial charge in [-0.05, 0) is 55.7 Å². The molecule has 3 aromatic rings. The summed E-state index contributed by atoms with van der Waals surface area (Å²) in [6.45, 7) is 6.84. The van der Waals surface area contributed by atoms with Crippen molar-refractivity contribution >= 4 is 5.96 Å². The summed E-state index contributed by atoms with van der Waals surface area (Å²) in [4.78, 5) is 9.92. The average molecular weight is 475 g/mol. The lowest BCUT2D eigenvalue weighted by atomic mass is 9.94. The van der Waals surface area contributed by atoms with Crippen LogP contribution < -0.4 is 0 Å². The number of hydrogen-bond donors (Lipinski definition) is 0. The smallest absolute Gasteiger partial charge is 0.197 e. The lowest BCUT2D eigenvalue weighted by molar-refractivity contribution is 0.255. The van der Waals surface area contributed by atoms with E-state index in [4.69, 9.17) is 9.52 Å². The number of rotatable bonds is 5. The van der Waals surface area contributed by atoms with E-state index in [0.717, 1.165) is 54.7 Å². The van der Waals surface area contributed by atoms with Gasteiger partial charge in [0.25, 0.3) is 0 Å². The summed E-state index contributed by atoms with van der Waals surface area (Å²) in [7, 11) is 0. The molecule has 2 aliphatic rings. The van der Waals surface area contributed by atoms with Crippen LogP contribution in [-0.4, -0.2) is 47.1 Å². The number of nitrogens with zero attached hydrogens (tertiary/aromatic N) is 4. The van der Waals surface area contributed by atoms with Crippen molar-refractivity contribution in [2.75, 3.05) is 26.2 Å². The first-order valence-electron chi connectivity index (χ1n) is 13.0. The monoisotopic (exact) mass is 474 g/mol. The van der Waals surface area contributed by atoms with Gasteiger partial charge in [0.2, 0.25) is 0 Å². The highest BCUT2D eigenvalue weighted by molar-refractivity contribution is 5.80. The first-order chi connectivity index (χ1) is 17.2. The Bertz CT molecular complexity index is 1110. The fourth-order valence-electron chi connectivity index (χ4n) is 5.17. The molecule has 1 aromatic heterocycles. The molecule has 184 valence electrons. The molecule has 2 saturated heterocycles. The van der Waals surface area contributed by atoms with Crippen LogP contribution in [0.25, 0.3) is 11.1 Å². The lowest BCUT2D eigenvalue weighted by Crippen LogP contribution is -2.48. The van der Waals surface area contributed by atoms with E-state index in [1.54, 1.807) is 6.07 Å². The Morgan fingerprint density at radius 2 is 1.57 bits per heavy atom. The molecule has 5 nitrogen and oxygen atoms in total. The molecule has 0 saturated carbocycles. The van der Waals surface area contributed by atoms with Gasteiger partial charge in [0, 0.05) is 43.7 Å². The standard InChI is InChI=1S/C29H35FN4O/c1-22(24-13-14-26(27(30)19-24)23-11-5-2-6-12-23)28-20-25(35-32-28)21-31-29(33-15-7-3-8-16-33)34-17-9-4-10-18-34/h2,5-6,11-14,19-20,22H,3-4,7-10,15-18,21H2,1H3. The van der Waals surface area contributed by atoms with Crippen molar-refractivity contribution in [1.82, 2.24) is 15.0 Å². The normalized spacial score (nSPS) is 17.3. The Labute approximate surface area is 207 Å². The minimum Gasteiger partial charge on any atom is -0.359 e. The molecular formula is C29H35FN4O. The Hall–Kier alpha value is -3.15. The van der Waals surface area contributed by atoms with Crippen LogP contribution in [0, 0.1) is 5.82 Å². The van der Waals surface area contributed by atoms with Gasteiger partial charge in [-0.15, -0.1) is 0 Å². The number of likely N-dealkylation sites (tertiary alicyclic amines) is 2. The fraction of sp³-hybridized carbons (Fsp3) is 0.448. The molecule has 0 spiro atoms. The zero-order valence-electron chi connectivity index (χ0n) is 20.6. The molecule has 0 radical (unpaired) electrons. The van der Waals surface area contributed by atoms with Crippen molar-refractivity contribution in [1.29, 1.82) is 0 Å². The van der Waals surface area contributed by atoms with Crippen LogP contribution in [-0.2, 0) is 6.54 Å². The van der Waals surface area contributed by atoms with Crippen LogP contribution >= 0.6 is 0 Å². The third kappa shape index (κ3) is 5.58. The van der Waals surface area contributed by atoms with Crippen molar-refractivity contribution in [3.63, 3.8) is 0 Å². The Kier molecular flexibility index (Phi) is 7.45. The van der Waals surface area contributed by atoms with Gasteiger partial charge < -0.3 is 14.3 Å². The number of halogens is 1. The summed E-state index contributed by atoms with van der Waals surface area (Å²) < 4.78 is 20.6. The second-order valence-electron chi connectivity index (χ2n) is 9.76. The maximum atomic E-state index is 14.9. The third-order valence-electron chi connectivity index (χ3n) is 7.25. The molecule has 0 bridgehead atoms. The summed E-state index contributed by atoms with van der Waals surface area (Å²) in [5, 5.41) is 4.31. The molecule has 2 fully saturated rings. The van der Waals surface area contributed by atoms with Gasteiger partial charge >= 0.3 is 0 Å². The molecule has 0 amide bonds. The van der Waals surface area contributed by atoms with Gasteiger partial charge in [-0.3, -0.25) is 0 Å². The molecule has 2 aromatic carbocycles. The molecular weight excluding hydrogens is 439 g/mol. The Morgan fingerprint density at radius 3 is 2.20 bits per heavy atom. The number of piperidine rings is 2. The van der Waals surface area contributed by atoms with Crippen LogP contribution in [0.15, 0.2) is 64.1 Å². The quantitative estimate of drug-likeness (QED) is 0.314. The van der Waals surface area contributed by atoms with Gasteiger partial charge in [0.1, 0.15) is 12.4 Å². The predicted molar refractivity (Wildman–Crippen MR) is 138 cm³/mol. The number of hydrogen-bond acceptors (Lipinski definition) is 3. The minimum atomic E-state index is -0.221. The highest BCUT2D eigenvalue weighted by Crippen LogP contribution is 2.29. The van der Waals surface area contributed by atoms with E-state index in [-0.39, 0.29) is 11.7 Å². The molecule has 0 aliphatic carbocycles. The van der Waals surface area contributed by atoms with Crippen molar-refractivity contribution in [2.24, 2.45) is 4.99 Å².